The summed E-state index contributed by atoms with van der Waals surface area (Å²) in [4.78, 5) is 13.7. The van der Waals surface area contributed by atoms with E-state index in [2.05, 4.69) is 44.0 Å². The summed E-state index contributed by atoms with van der Waals surface area (Å²) >= 11 is 5.98. The highest BCUT2D eigenvalue weighted by atomic mass is 35.5. The number of hydrogen-bond donors (Lipinski definition) is 0. The molecule has 0 radical (unpaired) electrons. The molecule has 3 heterocycles. The Balaban J connectivity index is 1.26. The smallest absolute Gasteiger partial charge is 0.252 e. The largest absolute Gasteiger partial charge is 0.303 e. The van der Waals surface area contributed by atoms with Crippen molar-refractivity contribution >= 4 is 17.4 Å². The maximum absolute atomic E-state index is 5.98. The Morgan fingerprint density at radius 3 is 2.93 bits per heavy atom. The SMILES string of the molecule is CN(Cc1nc2ncccn2n1)CC1CCCN(CCc2ccc(Cl)cc2)C1. The second-order valence-corrected chi connectivity index (χ2v) is 8.21. The molecule has 0 N–H and O–H groups in total. The van der Waals surface area contributed by atoms with Crippen molar-refractivity contribution in [2.75, 3.05) is 33.2 Å². The molecule has 0 aliphatic carbocycles. The van der Waals surface area contributed by atoms with E-state index in [1.165, 1.54) is 24.9 Å². The molecule has 2 aromatic heterocycles. The van der Waals surface area contributed by atoms with E-state index in [1.54, 1.807) is 10.7 Å². The Bertz CT molecular complexity index is 860. The van der Waals surface area contributed by atoms with Crippen molar-refractivity contribution in [3.8, 4) is 0 Å². The fraction of sp³-hybridized carbons (Fsp3) is 0.476. The summed E-state index contributed by atoms with van der Waals surface area (Å²) in [5, 5.41) is 5.32. The van der Waals surface area contributed by atoms with E-state index < -0.39 is 0 Å². The van der Waals surface area contributed by atoms with Crippen molar-refractivity contribution < 1.29 is 0 Å². The van der Waals surface area contributed by atoms with Crippen LogP contribution in [0.15, 0.2) is 42.7 Å². The first kappa shape index (κ1) is 19.3. The molecule has 1 aliphatic heterocycles. The Morgan fingerprint density at radius 1 is 1.25 bits per heavy atom. The van der Waals surface area contributed by atoms with Crippen LogP contribution in [0.4, 0.5) is 0 Å². The van der Waals surface area contributed by atoms with Crippen LogP contribution in [-0.2, 0) is 13.0 Å². The maximum Gasteiger partial charge on any atom is 0.252 e. The van der Waals surface area contributed by atoms with Crippen molar-refractivity contribution in [3.63, 3.8) is 0 Å². The van der Waals surface area contributed by atoms with E-state index >= 15 is 0 Å². The van der Waals surface area contributed by atoms with Gasteiger partial charge in [-0.15, -0.1) is 5.10 Å². The van der Waals surface area contributed by atoms with Gasteiger partial charge in [0.2, 0.25) is 0 Å². The molecule has 4 rings (SSSR count). The summed E-state index contributed by atoms with van der Waals surface area (Å²) in [5.74, 6) is 2.19. The molecule has 1 aliphatic rings. The third kappa shape index (κ3) is 5.07. The highest BCUT2D eigenvalue weighted by molar-refractivity contribution is 6.30. The molecule has 7 heteroatoms. The quantitative estimate of drug-likeness (QED) is 0.611. The first-order chi connectivity index (χ1) is 13.7. The molecule has 1 saturated heterocycles. The average Bonchev–Trinajstić information content (AvgIpc) is 3.10. The monoisotopic (exact) mass is 398 g/mol. The zero-order chi connectivity index (χ0) is 19.3. The number of aromatic nitrogens is 4. The van der Waals surface area contributed by atoms with Crippen molar-refractivity contribution in [1.29, 1.82) is 0 Å². The summed E-state index contributed by atoms with van der Waals surface area (Å²) in [7, 11) is 2.16. The van der Waals surface area contributed by atoms with E-state index in [0.717, 1.165) is 43.4 Å². The number of likely N-dealkylation sites (tertiary alicyclic amines) is 1. The van der Waals surface area contributed by atoms with Gasteiger partial charge in [0.25, 0.3) is 5.78 Å². The minimum atomic E-state index is 0.664. The predicted octanol–water partition coefficient (Wildman–Crippen LogP) is 3.16. The Labute approximate surface area is 171 Å². The normalized spacial score (nSPS) is 18.2. The number of rotatable bonds is 7. The lowest BCUT2D eigenvalue weighted by atomic mass is 9.97. The molecule has 28 heavy (non-hydrogen) atoms. The third-order valence-corrected chi connectivity index (χ3v) is 5.63. The van der Waals surface area contributed by atoms with Crippen LogP contribution < -0.4 is 0 Å². The number of benzene rings is 1. The van der Waals surface area contributed by atoms with Gasteiger partial charge in [-0.25, -0.2) is 9.50 Å². The standard InChI is InChI=1S/C21H27ClN6/c1-26(16-20-24-21-23-10-3-12-28(21)25-20)14-18-4-2-11-27(15-18)13-9-17-5-7-19(22)8-6-17/h3,5-8,10,12,18H,2,4,9,11,13-16H2,1H3. The van der Waals surface area contributed by atoms with E-state index in [1.807, 2.05) is 24.4 Å². The molecule has 6 nitrogen and oxygen atoms in total. The van der Waals surface area contributed by atoms with Gasteiger partial charge < -0.3 is 4.90 Å². The van der Waals surface area contributed by atoms with Crippen LogP contribution >= 0.6 is 11.6 Å². The van der Waals surface area contributed by atoms with Crippen LogP contribution in [0.3, 0.4) is 0 Å². The number of hydrogen-bond acceptors (Lipinski definition) is 5. The summed E-state index contributed by atoms with van der Waals surface area (Å²) in [5.41, 5.74) is 1.36. The number of nitrogens with zero attached hydrogens (tertiary/aromatic N) is 6. The summed E-state index contributed by atoms with van der Waals surface area (Å²) in [6.07, 6.45) is 7.28. The summed E-state index contributed by atoms with van der Waals surface area (Å²) in [6, 6.07) is 10.1. The first-order valence-corrected chi connectivity index (χ1v) is 10.3. The molecule has 148 valence electrons. The average molecular weight is 399 g/mol. The molecule has 0 amide bonds. The van der Waals surface area contributed by atoms with Crippen LogP contribution in [0.2, 0.25) is 5.02 Å². The van der Waals surface area contributed by atoms with Gasteiger partial charge in [-0.2, -0.15) is 4.98 Å². The Kier molecular flexibility index (Phi) is 6.20. The zero-order valence-corrected chi connectivity index (χ0v) is 17.1. The minimum absolute atomic E-state index is 0.664. The van der Waals surface area contributed by atoms with Gasteiger partial charge in [0.1, 0.15) is 0 Å². The molecule has 1 atom stereocenters. The second kappa shape index (κ2) is 8.99. The van der Waals surface area contributed by atoms with Gasteiger partial charge in [-0.05, 0) is 62.5 Å². The molecule has 0 bridgehead atoms. The fourth-order valence-electron chi connectivity index (χ4n) is 4.03. The van der Waals surface area contributed by atoms with Gasteiger partial charge in [-0.3, -0.25) is 4.90 Å². The van der Waals surface area contributed by atoms with Crippen molar-refractivity contribution in [1.82, 2.24) is 29.4 Å². The lowest BCUT2D eigenvalue weighted by molar-refractivity contribution is 0.141. The van der Waals surface area contributed by atoms with Gasteiger partial charge in [0.15, 0.2) is 5.82 Å². The van der Waals surface area contributed by atoms with Crippen LogP contribution in [0.1, 0.15) is 24.2 Å². The van der Waals surface area contributed by atoms with Crippen LogP contribution in [0.25, 0.3) is 5.78 Å². The molecular weight excluding hydrogens is 372 g/mol. The van der Waals surface area contributed by atoms with E-state index in [4.69, 9.17) is 11.6 Å². The van der Waals surface area contributed by atoms with Crippen LogP contribution in [0, 0.1) is 5.92 Å². The van der Waals surface area contributed by atoms with Crippen molar-refractivity contribution in [3.05, 3.63) is 59.1 Å². The highest BCUT2D eigenvalue weighted by Crippen LogP contribution is 2.19. The Hall–Kier alpha value is -2.02. The minimum Gasteiger partial charge on any atom is -0.303 e. The van der Waals surface area contributed by atoms with Gasteiger partial charge in [0, 0.05) is 37.1 Å². The lowest BCUT2D eigenvalue weighted by Gasteiger charge is -2.34. The van der Waals surface area contributed by atoms with Gasteiger partial charge in [0.05, 0.1) is 6.54 Å². The van der Waals surface area contributed by atoms with Crippen molar-refractivity contribution in [2.45, 2.75) is 25.8 Å². The summed E-state index contributed by atoms with van der Waals surface area (Å²) in [6.45, 7) is 5.30. The van der Waals surface area contributed by atoms with Crippen LogP contribution in [0.5, 0.6) is 0 Å². The Morgan fingerprint density at radius 2 is 2.11 bits per heavy atom. The predicted molar refractivity (Wildman–Crippen MR) is 111 cm³/mol. The first-order valence-electron chi connectivity index (χ1n) is 9.97. The lowest BCUT2D eigenvalue weighted by Crippen LogP contribution is -2.40. The number of fused-ring (bicyclic) bond motifs is 1. The molecule has 0 saturated carbocycles. The molecule has 0 spiro atoms. The third-order valence-electron chi connectivity index (χ3n) is 5.37. The number of piperidine rings is 1. The topological polar surface area (TPSA) is 49.6 Å². The molecule has 3 aromatic rings. The van der Waals surface area contributed by atoms with Gasteiger partial charge in [-0.1, -0.05) is 23.7 Å². The van der Waals surface area contributed by atoms with Gasteiger partial charge >= 0.3 is 0 Å². The second-order valence-electron chi connectivity index (χ2n) is 7.77. The fourth-order valence-corrected chi connectivity index (χ4v) is 4.16. The van der Waals surface area contributed by atoms with Crippen LogP contribution in [-0.4, -0.2) is 62.6 Å². The molecular formula is C21H27ClN6. The van der Waals surface area contributed by atoms with Crippen molar-refractivity contribution in [2.24, 2.45) is 5.92 Å². The zero-order valence-electron chi connectivity index (χ0n) is 16.3. The highest BCUT2D eigenvalue weighted by Gasteiger charge is 2.21. The molecule has 1 aromatic carbocycles. The molecule has 1 unspecified atom stereocenters. The maximum atomic E-state index is 5.98. The summed E-state index contributed by atoms with van der Waals surface area (Å²) < 4.78 is 1.74. The van der Waals surface area contributed by atoms with E-state index in [0.29, 0.717) is 11.7 Å². The molecule has 1 fully saturated rings. The van der Waals surface area contributed by atoms with E-state index in [-0.39, 0.29) is 0 Å². The van der Waals surface area contributed by atoms with E-state index in [9.17, 15) is 0 Å². The number of halogens is 1.